The van der Waals surface area contributed by atoms with Crippen LogP contribution in [0.5, 0.6) is 0 Å². The summed E-state index contributed by atoms with van der Waals surface area (Å²) >= 11 is 0. The molecule has 4 rings (SSSR count). The van der Waals surface area contributed by atoms with Crippen LogP contribution < -0.4 is 0 Å². The van der Waals surface area contributed by atoms with Crippen LogP contribution in [-0.2, 0) is 16.1 Å². The molecule has 6 nitrogen and oxygen atoms in total. The third-order valence-corrected chi connectivity index (χ3v) is 6.75. The predicted octanol–water partition coefficient (Wildman–Crippen LogP) is 3.71. The summed E-state index contributed by atoms with van der Waals surface area (Å²) in [6.45, 7) is 5.99. The van der Waals surface area contributed by atoms with Gasteiger partial charge in [-0.25, -0.2) is 4.39 Å². The first-order chi connectivity index (χ1) is 16.4. The SMILES string of the molecule is Cc1cccc(CN2CC(=O)N(CCCN3CCC(C(=O)c4ccc(F)cc4)CC3)C(=O)C2)c1.Cl. The molecule has 35 heavy (non-hydrogen) atoms. The van der Waals surface area contributed by atoms with Crippen molar-refractivity contribution in [2.24, 2.45) is 5.92 Å². The number of halogens is 2. The second-order valence-corrected chi connectivity index (χ2v) is 9.41. The number of aryl methyl sites for hydroxylation is 1. The molecular formula is C27H33ClFN3O3. The molecule has 188 valence electrons. The maximum Gasteiger partial charge on any atom is 0.243 e. The third kappa shape index (κ3) is 7.19. The highest BCUT2D eigenvalue weighted by atomic mass is 35.5. The van der Waals surface area contributed by atoms with Gasteiger partial charge >= 0.3 is 0 Å². The van der Waals surface area contributed by atoms with Gasteiger partial charge in [-0.2, -0.15) is 0 Å². The number of hydrogen-bond acceptors (Lipinski definition) is 5. The van der Waals surface area contributed by atoms with Crippen molar-refractivity contribution >= 4 is 30.0 Å². The van der Waals surface area contributed by atoms with Crippen LogP contribution in [0.3, 0.4) is 0 Å². The van der Waals surface area contributed by atoms with Gasteiger partial charge in [0, 0.05) is 24.6 Å². The lowest BCUT2D eigenvalue weighted by Gasteiger charge is -2.34. The summed E-state index contributed by atoms with van der Waals surface area (Å²) in [4.78, 5) is 43.5. The first-order valence-corrected chi connectivity index (χ1v) is 12.0. The van der Waals surface area contributed by atoms with E-state index in [-0.39, 0.29) is 54.8 Å². The molecule has 0 spiro atoms. The molecule has 0 atom stereocenters. The molecule has 2 aliphatic rings. The Kier molecular flexibility index (Phi) is 9.55. The Hall–Kier alpha value is -2.61. The van der Waals surface area contributed by atoms with Gasteiger partial charge in [-0.3, -0.25) is 24.2 Å². The van der Waals surface area contributed by atoms with Crippen LogP contribution >= 0.6 is 12.4 Å². The van der Waals surface area contributed by atoms with E-state index in [9.17, 15) is 18.8 Å². The molecule has 0 unspecified atom stereocenters. The van der Waals surface area contributed by atoms with Gasteiger partial charge in [0.25, 0.3) is 0 Å². The van der Waals surface area contributed by atoms with Crippen molar-refractivity contribution in [2.75, 3.05) is 39.3 Å². The lowest BCUT2D eigenvalue weighted by Crippen LogP contribution is -2.54. The summed E-state index contributed by atoms with van der Waals surface area (Å²) in [6, 6.07) is 13.9. The van der Waals surface area contributed by atoms with Crippen LogP contribution in [0.4, 0.5) is 4.39 Å². The molecular weight excluding hydrogens is 469 g/mol. The highest BCUT2D eigenvalue weighted by molar-refractivity contribution is 5.99. The summed E-state index contributed by atoms with van der Waals surface area (Å²) in [7, 11) is 0. The van der Waals surface area contributed by atoms with Crippen LogP contribution in [0, 0.1) is 18.7 Å². The molecule has 8 heteroatoms. The molecule has 0 radical (unpaired) electrons. The molecule has 2 heterocycles. The maximum atomic E-state index is 13.1. The van der Waals surface area contributed by atoms with Crippen LogP contribution in [0.1, 0.15) is 40.7 Å². The van der Waals surface area contributed by atoms with Crippen molar-refractivity contribution in [2.45, 2.75) is 32.7 Å². The summed E-state index contributed by atoms with van der Waals surface area (Å²) < 4.78 is 13.1. The molecule has 2 saturated heterocycles. The van der Waals surface area contributed by atoms with E-state index in [4.69, 9.17) is 0 Å². The summed E-state index contributed by atoms with van der Waals surface area (Å²) in [5.74, 6) is -0.554. The van der Waals surface area contributed by atoms with Gasteiger partial charge < -0.3 is 4.90 Å². The third-order valence-electron chi connectivity index (χ3n) is 6.75. The van der Waals surface area contributed by atoms with Gasteiger partial charge in [0.1, 0.15) is 5.82 Å². The lowest BCUT2D eigenvalue weighted by molar-refractivity contribution is -0.151. The van der Waals surface area contributed by atoms with Crippen LogP contribution in [0.2, 0.25) is 0 Å². The minimum atomic E-state index is -0.337. The minimum absolute atomic E-state index is 0. The van der Waals surface area contributed by atoms with Gasteiger partial charge in [0.2, 0.25) is 11.8 Å². The monoisotopic (exact) mass is 501 g/mol. The molecule has 2 aromatic carbocycles. The smallest absolute Gasteiger partial charge is 0.243 e. The second-order valence-electron chi connectivity index (χ2n) is 9.41. The number of nitrogens with zero attached hydrogens (tertiary/aromatic N) is 3. The Balaban J connectivity index is 0.00000342. The molecule has 0 aromatic heterocycles. The fraction of sp³-hybridized carbons (Fsp3) is 0.444. The zero-order chi connectivity index (χ0) is 24.1. The van der Waals surface area contributed by atoms with Crippen molar-refractivity contribution in [3.8, 4) is 0 Å². The molecule has 0 saturated carbocycles. The van der Waals surface area contributed by atoms with Gasteiger partial charge in [-0.05, 0) is 75.6 Å². The topological polar surface area (TPSA) is 60.9 Å². The van der Waals surface area contributed by atoms with Crippen LogP contribution in [0.15, 0.2) is 48.5 Å². The van der Waals surface area contributed by atoms with Crippen molar-refractivity contribution in [3.05, 3.63) is 71.0 Å². The number of piperazine rings is 1. The number of amides is 2. The van der Waals surface area contributed by atoms with Gasteiger partial charge in [-0.15, -0.1) is 12.4 Å². The largest absolute Gasteiger partial charge is 0.303 e. The van der Waals surface area contributed by atoms with Gasteiger partial charge in [0.05, 0.1) is 13.1 Å². The van der Waals surface area contributed by atoms with Crippen LogP contribution in [-0.4, -0.2) is 71.6 Å². The zero-order valence-corrected chi connectivity index (χ0v) is 20.9. The number of piperidine rings is 1. The van der Waals surface area contributed by atoms with Gasteiger partial charge in [0.15, 0.2) is 5.78 Å². The predicted molar refractivity (Wildman–Crippen MR) is 135 cm³/mol. The van der Waals surface area contributed by atoms with Crippen molar-refractivity contribution in [3.63, 3.8) is 0 Å². The van der Waals surface area contributed by atoms with E-state index in [1.165, 1.54) is 17.0 Å². The fourth-order valence-corrected chi connectivity index (χ4v) is 4.90. The number of rotatable bonds is 8. The number of Topliss-reactive ketones (excluding diaryl/α,β-unsaturated/α-hetero) is 1. The highest BCUT2D eigenvalue weighted by Crippen LogP contribution is 2.22. The minimum Gasteiger partial charge on any atom is -0.303 e. The fourth-order valence-electron chi connectivity index (χ4n) is 4.90. The number of hydrogen-bond donors (Lipinski definition) is 0. The first kappa shape index (κ1) is 27.0. The van der Waals surface area contributed by atoms with Crippen LogP contribution in [0.25, 0.3) is 0 Å². The average Bonchev–Trinajstić information content (AvgIpc) is 2.81. The number of likely N-dealkylation sites (tertiary alicyclic amines) is 1. The standard InChI is InChI=1S/C27H32FN3O3.ClH/c1-20-4-2-5-21(16-20)17-30-18-25(32)31(26(33)19-30)13-3-12-29-14-10-23(11-15-29)27(34)22-6-8-24(28)9-7-22;/h2,4-9,16,23H,3,10-15,17-19H2,1H3;1H. The number of imide groups is 1. The molecule has 2 amide bonds. The lowest BCUT2D eigenvalue weighted by atomic mass is 9.89. The number of carbonyl (C=O) groups is 3. The summed E-state index contributed by atoms with van der Waals surface area (Å²) in [5, 5.41) is 0. The molecule has 2 fully saturated rings. The quantitative estimate of drug-likeness (QED) is 0.407. The number of ketones is 1. The maximum absolute atomic E-state index is 13.1. The second kappa shape index (κ2) is 12.4. The number of benzene rings is 2. The Bertz CT molecular complexity index is 1020. The molecule has 0 aliphatic carbocycles. The van der Waals surface area contributed by atoms with E-state index in [2.05, 4.69) is 11.0 Å². The molecule has 2 aromatic rings. The zero-order valence-electron chi connectivity index (χ0n) is 20.1. The van der Waals surface area contributed by atoms with E-state index in [1.54, 1.807) is 12.1 Å². The summed E-state index contributed by atoms with van der Waals surface area (Å²) in [6.07, 6.45) is 2.27. The Labute approximate surface area is 212 Å². The van der Waals surface area contributed by atoms with Crippen molar-refractivity contribution in [1.29, 1.82) is 0 Å². The first-order valence-electron chi connectivity index (χ1n) is 12.0. The highest BCUT2D eigenvalue weighted by Gasteiger charge is 2.31. The van der Waals surface area contributed by atoms with E-state index in [0.29, 0.717) is 18.7 Å². The van der Waals surface area contributed by atoms with Crippen molar-refractivity contribution in [1.82, 2.24) is 14.7 Å². The Morgan fingerprint density at radius 3 is 2.23 bits per heavy atom. The van der Waals surface area contributed by atoms with Crippen molar-refractivity contribution < 1.29 is 18.8 Å². The Morgan fingerprint density at radius 1 is 0.943 bits per heavy atom. The Morgan fingerprint density at radius 2 is 1.60 bits per heavy atom. The number of carbonyl (C=O) groups excluding carboxylic acids is 3. The molecule has 0 bridgehead atoms. The van der Waals surface area contributed by atoms with E-state index in [0.717, 1.165) is 50.0 Å². The summed E-state index contributed by atoms with van der Waals surface area (Å²) in [5.41, 5.74) is 2.84. The molecule has 2 aliphatic heterocycles. The van der Waals surface area contributed by atoms with Gasteiger partial charge in [-0.1, -0.05) is 29.8 Å². The van der Waals surface area contributed by atoms with E-state index >= 15 is 0 Å². The molecule has 0 N–H and O–H groups in total. The van der Waals surface area contributed by atoms with E-state index in [1.807, 2.05) is 30.0 Å². The normalized spacial score (nSPS) is 17.9. The van der Waals surface area contributed by atoms with E-state index < -0.39 is 0 Å². The average molecular weight is 502 g/mol.